The molecule has 0 nitrogen and oxygen atoms in total. The molecular formula is C10H10ClF8I. The van der Waals surface area contributed by atoms with E-state index in [4.69, 9.17) is 0 Å². The summed E-state index contributed by atoms with van der Waals surface area (Å²) in [6.07, 6.45) is -0.198. The molecule has 0 aliphatic heterocycles. The Hall–Kier alpha value is 0.200. The van der Waals surface area contributed by atoms with Crippen LogP contribution in [0, 0.1) is 0 Å². The predicted molar refractivity (Wildman–Crippen MR) is 67.5 cm³/mol. The summed E-state index contributed by atoms with van der Waals surface area (Å²) in [5, 5.41) is -5.79. The largest absolute Gasteiger partial charge is 0.392 e. The van der Waals surface area contributed by atoms with Gasteiger partial charge in [0, 0.05) is 10.3 Å². The van der Waals surface area contributed by atoms with Crippen molar-refractivity contribution in [3.05, 3.63) is 12.7 Å². The highest BCUT2D eigenvalue weighted by atomic mass is 127. The molecule has 0 aliphatic carbocycles. The Labute approximate surface area is 128 Å². The summed E-state index contributed by atoms with van der Waals surface area (Å²) in [5.41, 5.74) is 0. The molecule has 0 bridgehead atoms. The Kier molecular flexibility index (Phi) is 6.60. The molecule has 1 atom stereocenters. The highest BCUT2D eigenvalue weighted by molar-refractivity contribution is 14.1. The average molecular weight is 445 g/mol. The van der Waals surface area contributed by atoms with Crippen LogP contribution in [0.2, 0.25) is 0 Å². The molecule has 120 valence electrons. The summed E-state index contributed by atoms with van der Waals surface area (Å²) < 4.78 is 102. The molecule has 0 saturated heterocycles. The van der Waals surface area contributed by atoms with Gasteiger partial charge in [-0.15, -0.1) is 6.58 Å². The van der Waals surface area contributed by atoms with Crippen molar-refractivity contribution in [2.24, 2.45) is 0 Å². The van der Waals surface area contributed by atoms with Crippen molar-refractivity contribution in [2.45, 2.75) is 46.3 Å². The fraction of sp³-hybridized carbons (Fsp3) is 0.800. The van der Waals surface area contributed by atoms with E-state index < -0.39 is 33.5 Å². The molecule has 0 radical (unpaired) electrons. The Bertz CT molecular complexity index is 339. The summed E-state index contributed by atoms with van der Waals surface area (Å²) in [7, 11) is 0. The van der Waals surface area contributed by atoms with Gasteiger partial charge in [-0.1, -0.05) is 28.7 Å². The van der Waals surface area contributed by atoms with Crippen molar-refractivity contribution in [3.8, 4) is 0 Å². The van der Waals surface area contributed by atoms with Gasteiger partial charge in [-0.05, 0) is 24.4 Å². The molecule has 0 heterocycles. The SMILES string of the molecule is C=CCCC(I)CC(F)(F)C(F)(F)C(F)(F)C(F)(F)Cl. The summed E-state index contributed by atoms with van der Waals surface area (Å²) in [5.74, 6) is -18.0. The Balaban J connectivity index is 5.21. The van der Waals surface area contributed by atoms with Crippen LogP contribution in [0.3, 0.4) is 0 Å². The second kappa shape index (κ2) is 6.53. The minimum atomic E-state index is -6.38. The second-order valence-corrected chi connectivity index (χ2v) is 6.25. The van der Waals surface area contributed by atoms with Crippen molar-refractivity contribution in [3.63, 3.8) is 0 Å². The first kappa shape index (κ1) is 20.2. The van der Waals surface area contributed by atoms with Crippen LogP contribution in [0.15, 0.2) is 12.7 Å². The lowest BCUT2D eigenvalue weighted by Gasteiger charge is -2.35. The van der Waals surface area contributed by atoms with Crippen molar-refractivity contribution in [2.75, 3.05) is 0 Å². The number of rotatable bonds is 8. The molecule has 0 amide bonds. The standard InChI is InChI=1S/C10H10ClF8I/c1-2-3-4-6(20)5-7(12,13)8(14,15)9(16,17)10(11,18)19/h2,6H,1,3-5H2. The zero-order valence-electron chi connectivity index (χ0n) is 9.76. The smallest absolute Gasteiger partial charge is 0.200 e. The van der Waals surface area contributed by atoms with Gasteiger partial charge in [0.2, 0.25) is 0 Å². The Morgan fingerprint density at radius 2 is 1.45 bits per heavy atom. The molecule has 0 aromatic carbocycles. The van der Waals surface area contributed by atoms with Crippen LogP contribution in [0.25, 0.3) is 0 Å². The van der Waals surface area contributed by atoms with E-state index in [1.807, 2.05) is 0 Å². The van der Waals surface area contributed by atoms with E-state index in [0.717, 1.165) is 0 Å². The van der Waals surface area contributed by atoms with Gasteiger partial charge in [-0.3, -0.25) is 0 Å². The van der Waals surface area contributed by atoms with Crippen LogP contribution >= 0.6 is 34.2 Å². The molecule has 0 spiro atoms. The molecule has 0 aromatic rings. The first-order valence-corrected chi connectivity index (χ1v) is 6.78. The molecule has 20 heavy (non-hydrogen) atoms. The lowest BCUT2D eigenvalue weighted by Crippen LogP contribution is -2.60. The van der Waals surface area contributed by atoms with E-state index in [2.05, 4.69) is 18.2 Å². The van der Waals surface area contributed by atoms with Gasteiger partial charge < -0.3 is 0 Å². The molecule has 0 saturated carbocycles. The highest BCUT2D eigenvalue weighted by Gasteiger charge is 2.80. The number of halogens is 10. The second-order valence-electron chi connectivity index (χ2n) is 4.02. The third-order valence-corrected chi connectivity index (χ3v) is 3.67. The van der Waals surface area contributed by atoms with Crippen LogP contribution < -0.4 is 0 Å². The van der Waals surface area contributed by atoms with Gasteiger partial charge in [0.05, 0.1) is 0 Å². The molecule has 0 fully saturated rings. The van der Waals surface area contributed by atoms with E-state index >= 15 is 0 Å². The average Bonchev–Trinajstić information content (AvgIpc) is 2.23. The summed E-state index contributed by atoms with van der Waals surface area (Å²) in [6, 6.07) is 0. The topological polar surface area (TPSA) is 0 Å². The van der Waals surface area contributed by atoms with E-state index in [0.29, 0.717) is 0 Å². The molecule has 0 aliphatic rings. The Morgan fingerprint density at radius 1 is 1.00 bits per heavy atom. The number of hydrogen-bond donors (Lipinski definition) is 0. The number of hydrogen-bond acceptors (Lipinski definition) is 0. The summed E-state index contributed by atoms with van der Waals surface area (Å²) in [6.45, 7) is 3.27. The third kappa shape index (κ3) is 4.11. The van der Waals surface area contributed by atoms with E-state index in [-0.39, 0.29) is 12.8 Å². The first-order chi connectivity index (χ1) is 8.70. The molecule has 0 rings (SSSR count). The van der Waals surface area contributed by atoms with E-state index in [9.17, 15) is 35.1 Å². The van der Waals surface area contributed by atoms with Crippen LogP contribution in [0.1, 0.15) is 19.3 Å². The van der Waals surface area contributed by atoms with Gasteiger partial charge in [-0.2, -0.15) is 35.1 Å². The van der Waals surface area contributed by atoms with Gasteiger partial charge >= 0.3 is 23.1 Å². The fourth-order valence-corrected chi connectivity index (χ4v) is 2.25. The van der Waals surface area contributed by atoms with Crippen molar-refractivity contribution in [1.29, 1.82) is 0 Å². The maximum Gasteiger partial charge on any atom is 0.392 e. The molecule has 0 aromatic heterocycles. The minimum Gasteiger partial charge on any atom is -0.200 e. The van der Waals surface area contributed by atoms with Crippen molar-refractivity contribution < 1.29 is 35.1 Å². The quantitative estimate of drug-likeness (QED) is 0.190. The summed E-state index contributed by atoms with van der Waals surface area (Å²) >= 11 is 5.18. The fourth-order valence-electron chi connectivity index (χ4n) is 1.21. The zero-order chi connectivity index (χ0) is 16.4. The first-order valence-electron chi connectivity index (χ1n) is 5.16. The zero-order valence-corrected chi connectivity index (χ0v) is 12.7. The number of allylic oxidation sites excluding steroid dienone is 1. The minimum absolute atomic E-state index is 0.0292. The molecule has 0 N–H and O–H groups in total. The highest BCUT2D eigenvalue weighted by Crippen LogP contribution is 2.55. The third-order valence-electron chi connectivity index (χ3n) is 2.37. The van der Waals surface area contributed by atoms with Crippen molar-refractivity contribution in [1.82, 2.24) is 0 Å². The molecular weight excluding hydrogens is 434 g/mol. The lowest BCUT2D eigenvalue weighted by molar-refractivity contribution is -0.348. The summed E-state index contributed by atoms with van der Waals surface area (Å²) in [4.78, 5) is 0. The van der Waals surface area contributed by atoms with Gasteiger partial charge in [-0.25, -0.2) is 0 Å². The van der Waals surface area contributed by atoms with Crippen LogP contribution in [0.4, 0.5) is 35.1 Å². The maximum atomic E-state index is 13.3. The van der Waals surface area contributed by atoms with Gasteiger partial charge in [0.1, 0.15) is 0 Å². The molecule has 1 unspecified atom stereocenters. The van der Waals surface area contributed by atoms with E-state index in [1.165, 1.54) is 28.7 Å². The van der Waals surface area contributed by atoms with Crippen LogP contribution in [-0.2, 0) is 0 Å². The van der Waals surface area contributed by atoms with Gasteiger partial charge in [0.15, 0.2) is 0 Å². The lowest BCUT2D eigenvalue weighted by atomic mass is 9.98. The molecule has 10 heteroatoms. The number of alkyl halides is 10. The van der Waals surface area contributed by atoms with E-state index in [1.54, 1.807) is 0 Å². The monoisotopic (exact) mass is 444 g/mol. The normalized spacial score (nSPS) is 16.1. The van der Waals surface area contributed by atoms with Gasteiger partial charge in [0.25, 0.3) is 0 Å². The predicted octanol–water partition coefficient (Wildman–Crippen LogP) is 5.88. The van der Waals surface area contributed by atoms with Crippen molar-refractivity contribution >= 4 is 34.2 Å². The maximum absolute atomic E-state index is 13.3. The van der Waals surface area contributed by atoms with Crippen LogP contribution in [-0.4, -0.2) is 27.1 Å². The Morgan fingerprint density at radius 3 is 1.80 bits per heavy atom. The van der Waals surface area contributed by atoms with Crippen LogP contribution in [0.5, 0.6) is 0 Å².